The summed E-state index contributed by atoms with van der Waals surface area (Å²) in [6.45, 7) is 6.10. The van der Waals surface area contributed by atoms with E-state index in [0.717, 1.165) is 36.8 Å². The Balaban J connectivity index is 1.38. The zero-order valence-corrected chi connectivity index (χ0v) is 16.8. The number of amides is 2. The minimum Gasteiger partial charge on any atom is -0.360 e. The van der Waals surface area contributed by atoms with Crippen molar-refractivity contribution in [1.82, 2.24) is 4.90 Å². The van der Waals surface area contributed by atoms with Crippen molar-refractivity contribution in [3.8, 4) is 0 Å². The molecule has 5 nitrogen and oxygen atoms in total. The third-order valence-corrected chi connectivity index (χ3v) is 6.05. The van der Waals surface area contributed by atoms with Gasteiger partial charge in [0.1, 0.15) is 0 Å². The number of benzene rings is 2. The molecular formula is C22H25ClN3O2+. The minimum atomic E-state index is -0.330. The van der Waals surface area contributed by atoms with Crippen LogP contribution in [0.2, 0.25) is 5.02 Å². The van der Waals surface area contributed by atoms with E-state index >= 15 is 0 Å². The maximum absolute atomic E-state index is 12.8. The van der Waals surface area contributed by atoms with E-state index in [1.807, 2.05) is 48.5 Å². The van der Waals surface area contributed by atoms with Gasteiger partial charge in [-0.15, -0.1) is 0 Å². The molecule has 2 aliphatic rings. The molecule has 0 bridgehead atoms. The van der Waals surface area contributed by atoms with Gasteiger partial charge >= 0.3 is 0 Å². The van der Waals surface area contributed by atoms with Crippen molar-refractivity contribution < 1.29 is 14.5 Å². The fourth-order valence-electron chi connectivity index (χ4n) is 4.16. The molecule has 4 rings (SSSR count). The normalized spacial score (nSPS) is 20.9. The zero-order chi connectivity index (χ0) is 19.7. The predicted octanol–water partition coefficient (Wildman–Crippen LogP) is 1.85. The predicted molar refractivity (Wildman–Crippen MR) is 110 cm³/mol. The number of rotatable bonds is 4. The monoisotopic (exact) mass is 398 g/mol. The van der Waals surface area contributed by atoms with Crippen LogP contribution < -0.4 is 9.80 Å². The highest BCUT2D eigenvalue weighted by Gasteiger charge is 2.41. The summed E-state index contributed by atoms with van der Waals surface area (Å²) in [5.41, 5.74) is 3.31. The van der Waals surface area contributed by atoms with Crippen molar-refractivity contribution in [1.29, 1.82) is 0 Å². The van der Waals surface area contributed by atoms with Crippen LogP contribution in [0.5, 0.6) is 0 Å². The first kappa shape index (κ1) is 19.0. The molecule has 2 amide bonds. The van der Waals surface area contributed by atoms with Gasteiger partial charge in [-0.1, -0.05) is 48.0 Å². The van der Waals surface area contributed by atoms with Crippen LogP contribution >= 0.6 is 11.6 Å². The number of hydrogen-bond acceptors (Lipinski definition) is 3. The Kier molecular flexibility index (Phi) is 5.38. The number of piperazine rings is 1. The van der Waals surface area contributed by atoms with Crippen molar-refractivity contribution in [3.05, 3.63) is 64.7 Å². The Morgan fingerprint density at radius 2 is 1.79 bits per heavy atom. The molecule has 0 saturated carbocycles. The molecule has 2 fully saturated rings. The van der Waals surface area contributed by atoms with Crippen LogP contribution in [0.25, 0.3) is 0 Å². The van der Waals surface area contributed by atoms with Gasteiger partial charge in [-0.25, -0.2) is 4.90 Å². The molecule has 2 aromatic rings. The van der Waals surface area contributed by atoms with Gasteiger partial charge in [-0.2, -0.15) is 0 Å². The average Bonchev–Trinajstić information content (AvgIpc) is 2.99. The molecule has 2 aliphatic heterocycles. The quantitative estimate of drug-likeness (QED) is 0.799. The van der Waals surface area contributed by atoms with Crippen LogP contribution in [-0.4, -0.2) is 49.6 Å². The number of quaternary nitrogens is 1. The van der Waals surface area contributed by atoms with Crippen LogP contribution in [0, 0.1) is 6.92 Å². The molecule has 1 N–H and O–H groups in total. The Hall–Kier alpha value is -2.37. The van der Waals surface area contributed by atoms with E-state index in [1.54, 1.807) is 0 Å². The molecule has 2 saturated heterocycles. The number of nitrogens with zero attached hydrogens (tertiary/aromatic N) is 2. The van der Waals surface area contributed by atoms with Crippen LogP contribution in [0.4, 0.5) is 5.69 Å². The summed E-state index contributed by atoms with van der Waals surface area (Å²) in [6.07, 6.45) is 0.282. The second-order valence-electron chi connectivity index (χ2n) is 7.65. The molecule has 0 spiro atoms. The van der Waals surface area contributed by atoms with Crippen LogP contribution in [0.15, 0.2) is 48.5 Å². The number of imide groups is 1. The number of likely N-dealkylation sites (tertiary alicyclic amines) is 1. The summed E-state index contributed by atoms with van der Waals surface area (Å²) < 4.78 is 0. The third-order valence-electron chi connectivity index (χ3n) is 5.81. The largest absolute Gasteiger partial charge is 0.360 e. The highest BCUT2D eigenvalue weighted by Crippen LogP contribution is 2.29. The summed E-state index contributed by atoms with van der Waals surface area (Å²) in [5.74, 6) is -0.445. The highest BCUT2D eigenvalue weighted by atomic mass is 35.5. The Morgan fingerprint density at radius 3 is 2.50 bits per heavy atom. The number of halogens is 1. The van der Waals surface area contributed by atoms with Crippen molar-refractivity contribution in [2.45, 2.75) is 19.3 Å². The van der Waals surface area contributed by atoms with E-state index in [9.17, 15) is 9.59 Å². The molecule has 146 valence electrons. The van der Waals surface area contributed by atoms with Crippen LogP contribution in [-0.2, 0) is 9.59 Å². The molecule has 1 atom stereocenters. The molecule has 0 aliphatic carbocycles. The van der Waals surface area contributed by atoms with Crippen LogP contribution in [0.1, 0.15) is 23.5 Å². The molecule has 6 heteroatoms. The maximum Gasteiger partial charge on any atom is 0.241 e. The maximum atomic E-state index is 12.8. The molecule has 2 aromatic carbocycles. The fourth-order valence-corrected chi connectivity index (χ4v) is 4.33. The summed E-state index contributed by atoms with van der Waals surface area (Å²) in [6, 6.07) is 15.6. The van der Waals surface area contributed by atoms with Crippen molar-refractivity contribution >= 4 is 29.1 Å². The van der Waals surface area contributed by atoms with Crippen LogP contribution in [0.3, 0.4) is 0 Å². The van der Waals surface area contributed by atoms with Gasteiger partial charge < -0.3 is 9.80 Å². The van der Waals surface area contributed by atoms with Crippen molar-refractivity contribution in [2.24, 2.45) is 0 Å². The van der Waals surface area contributed by atoms with E-state index in [2.05, 4.69) is 11.8 Å². The number of nitrogens with one attached hydrogen (secondary N) is 1. The molecular weight excluding hydrogens is 374 g/mol. The third kappa shape index (κ3) is 3.77. The van der Waals surface area contributed by atoms with Gasteiger partial charge in [0.15, 0.2) is 6.67 Å². The molecule has 2 heterocycles. The van der Waals surface area contributed by atoms with Crippen molar-refractivity contribution in [3.63, 3.8) is 0 Å². The number of anilines is 1. The Labute approximate surface area is 170 Å². The molecule has 0 aromatic heterocycles. The first-order chi connectivity index (χ1) is 13.5. The van der Waals surface area contributed by atoms with Gasteiger partial charge in [-0.3, -0.25) is 9.59 Å². The van der Waals surface area contributed by atoms with Gasteiger partial charge in [0.25, 0.3) is 0 Å². The van der Waals surface area contributed by atoms with E-state index in [1.165, 1.54) is 21.1 Å². The zero-order valence-electron chi connectivity index (χ0n) is 16.0. The Bertz CT molecular complexity index is 879. The second kappa shape index (κ2) is 7.94. The minimum absolute atomic E-state index is 0.0560. The molecule has 28 heavy (non-hydrogen) atoms. The second-order valence-corrected chi connectivity index (χ2v) is 8.09. The number of carbonyl (C=O) groups is 2. The van der Waals surface area contributed by atoms with Gasteiger partial charge in [0.05, 0.1) is 32.1 Å². The molecule has 0 radical (unpaired) electrons. The smallest absolute Gasteiger partial charge is 0.241 e. The van der Waals surface area contributed by atoms with E-state index in [4.69, 9.17) is 11.6 Å². The van der Waals surface area contributed by atoms with Gasteiger partial charge in [-0.05, 0) is 30.2 Å². The number of carbonyl (C=O) groups excluding carboxylic acids is 2. The Morgan fingerprint density at radius 1 is 1.07 bits per heavy atom. The van der Waals surface area contributed by atoms with Gasteiger partial charge in [0, 0.05) is 17.1 Å². The first-order valence-electron chi connectivity index (χ1n) is 9.77. The van der Waals surface area contributed by atoms with Gasteiger partial charge in [0.2, 0.25) is 11.8 Å². The standard InChI is InChI=1S/C22H24ClN3O2/c1-16-7-8-18(23)13-20(16)25-11-9-24(10-12-25)15-26-21(27)14-19(22(26)28)17-5-3-2-4-6-17/h2-8,13,19H,9-12,14-15H2,1H3/p+1/t19-/m0/s1. The lowest BCUT2D eigenvalue weighted by molar-refractivity contribution is -0.907. The lowest BCUT2D eigenvalue weighted by Crippen LogP contribution is -3.16. The number of hydrogen-bond donors (Lipinski definition) is 1. The average molecular weight is 399 g/mol. The van der Waals surface area contributed by atoms with E-state index in [-0.39, 0.29) is 24.2 Å². The summed E-state index contributed by atoms with van der Waals surface area (Å²) in [4.78, 5) is 30.4. The summed E-state index contributed by atoms with van der Waals surface area (Å²) in [7, 11) is 0. The lowest BCUT2D eigenvalue weighted by Gasteiger charge is -2.35. The highest BCUT2D eigenvalue weighted by molar-refractivity contribution is 6.30. The fraction of sp³-hybridized carbons (Fsp3) is 0.364. The topological polar surface area (TPSA) is 45.1 Å². The summed E-state index contributed by atoms with van der Waals surface area (Å²) >= 11 is 6.16. The SMILES string of the molecule is Cc1ccc(Cl)cc1N1CC[NH+](CN2C(=O)C[C@@H](c3ccccc3)C2=O)CC1. The lowest BCUT2D eigenvalue weighted by atomic mass is 9.98. The van der Waals surface area contributed by atoms with E-state index in [0.29, 0.717) is 6.67 Å². The van der Waals surface area contributed by atoms with E-state index < -0.39 is 0 Å². The summed E-state index contributed by atoms with van der Waals surface area (Å²) in [5, 5.41) is 0.746. The van der Waals surface area contributed by atoms with Crippen molar-refractivity contribution in [2.75, 3.05) is 37.7 Å². The molecule has 0 unspecified atom stereocenters. The number of aryl methyl sites for hydroxylation is 1. The first-order valence-corrected chi connectivity index (χ1v) is 10.1.